The summed E-state index contributed by atoms with van der Waals surface area (Å²) in [7, 11) is 0. The van der Waals surface area contributed by atoms with Crippen molar-refractivity contribution in [2.24, 2.45) is 5.41 Å². The molecule has 116 valence electrons. The third kappa shape index (κ3) is 3.24. The van der Waals surface area contributed by atoms with Crippen LogP contribution >= 0.6 is 0 Å². The summed E-state index contributed by atoms with van der Waals surface area (Å²) in [6.07, 6.45) is 3.43. The summed E-state index contributed by atoms with van der Waals surface area (Å²) in [4.78, 5) is 17.7. The number of rotatable bonds is 5. The van der Waals surface area contributed by atoms with E-state index in [1.165, 1.54) is 6.92 Å². The fourth-order valence-corrected chi connectivity index (χ4v) is 3.10. The number of piperidine rings is 1. The number of carbonyl (C=O) groups is 1. The lowest BCUT2D eigenvalue weighted by Crippen LogP contribution is -2.54. The van der Waals surface area contributed by atoms with Gasteiger partial charge in [0.1, 0.15) is 5.82 Å². The van der Waals surface area contributed by atoms with Crippen LogP contribution in [0.5, 0.6) is 0 Å². The maximum absolute atomic E-state index is 11.3. The van der Waals surface area contributed by atoms with Crippen molar-refractivity contribution in [3.8, 4) is 0 Å². The summed E-state index contributed by atoms with van der Waals surface area (Å²) < 4.78 is 0. The molecule has 0 aromatic carbocycles. The zero-order chi connectivity index (χ0) is 15.5. The molecule has 1 fully saturated rings. The number of carbonyl (C=O) groups excluding carboxylic acids is 1. The van der Waals surface area contributed by atoms with Gasteiger partial charge in [-0.3, -0.25) is 4.79 Å². The third-order valence-electron chi connectivity index (χ3n) is 4.43. The summed E-state index contributed by atoms with van der Waals surface area (Å²) >= 11 is 0. The largest absolute Gasteiger partial charge is 0.396 e. The van der Waals surface area contributed by atoms with E-state index in [1.807, 2.05) is 6.07 Å². The van der Waals surface area contributed by atoms with Gasteiger partial charge in [0.25, 0.3) is 0 Å². The van der Waals surface area contributed by atoms with Crippen LogP contribution in [0.2, 0.25) is 0 Å². The Kier molecular flexibility index (Phi) is 4.96. The Hall–Kier alpha value is -1.46. The van der Waals surface area contributed by atoms with Gasteiger partial charge in [-0.15, -0.1) is 0 Å². The van der Waals surface area contributed by atoms with Crippen molar-refractivity contribution in [3.05, 3.63) is 23.9 Å². The van der Waals surface area contributed by atoms with Crippen LogP contribution < -0.4 is 4.90 Å². The minimum atomic E-state index is -0.478. The van der Waals surface area contributed by atoms with Crippen LogP contribution in [0.4, 0.5) is 5.82 Å². The van der Waals surface area contributed by atoms with Gasteiger partial charge in [0, 0.05) is 30.3 Å². The average molecular weight is 292 g/mol. The van der Waals surface area contributed by atoms with Crippen molar-refractivity contribution in [2.45, 2.75) is 39.2 Å². The molecule has 2 heterocycles. The Balaban J connectivity index is 2.18. The molecule has 0 amide bonds. The molecule has 2 atom stereocenters. The van der Waals surface area contributed by atoms with E-state index in [4.69, 9.17) is 0 Å². The van der Waals surface area contributed by atoms with Crippen LogP contribution in [0.25, 0.3) is 0 Å². The SMILES string of the molecule is CCC[C@@]1(CO)CN(c2ccc(C(C)=O)cn2)CC[C@@H]1O. The van der Waals surface area contributed by atoms with Crippen LogP contribution in [-0.4, -0.2) is 46.8 Å². The monoisotopic (exact) mass is 292 g/mol. The third-order valence-corrected chi connectivity index (χ3v) is 4.43. The molecule has 5 nitrogen and oxygen atoms in total. The van der Waals surface area contributed by atoms with Gasteiger partial charge < -0.3 is 15.1 Å². The maximum Gasteiger partial charge on any atom is 0.161 e. The van der Waals surface area contributed by atoms with E-state index in [2.05, 4.69) is 16.8 Å². The van der Waals surface area contributed by atoms with Crippen molar-refractivity contribution >= 4 is 11.6 Å². The molecule has 1 aromatic rings. The van der Waals surface area contributed by atoms with E-state index >= 15 is 0 Å². The predicted octanol–water partition coefficient (Wildman–Crippen LogP) is 1.63. The number of pyridine rings is 1. The molecule has 1 aliphatic heterocycles. The molecule has 1 saturated heterocycles. The summed E-state index contributed by atoms with van der Waals surface area (Å²) in [5.41, 5.74) is 0.117. The number of hydrogen-bond donors (Lipinski definition) is 2. The molecular formula is C16H24N2O3. The highest BCUT2D eigenvalue weighted by Crippen LogP contribution is 2.36. The zero-order valence-corrected chi connectivity index (χ0v) is 12.7. The lowest BCUT2D eigenvalue weighted by Gasteiger charge is -2.45. The second kappa shape index (κ2) is 6.54. The maximum atomic E-state index is 11.3. The molecule has 0 saturated carbocycles. The lowest BCUT2D eigenvalue weighted by atomic mass is 9.74. The van der Waals surface area contributed by atoms with E-state index < -0.39 is 11.5 Å². The second-order valence-electron chi connectivity index (χ2n) is 5.96. The number of ketones is 1. The Morgan fingerprint density at radius 3 is 2.81 bits per heavy atom. The van der Waals surface area contributed by atoms with Gasteiger partial charge in [-0.2, -0.15) is 0 Å². The van der Waals surface area contributed by atoms with E-state index in [9.17, 15) is 15.0 Å². The predicted molar refractivity (Wildman–Crippen MR) is 81.5 cm³/mol. The summed E-state index contributed by atoms with van der Waals surface area (Å²) in [5, 5.41) is 20.1. The fourth-order valence-electron chi connectivity index (χ4n) is 3.10. The highest BCUT2D eigenvalue weighted by atomic mass is 16.3. The molecule has 2 N–H and O–H groups in total. The van der Waals surface area contributed by atoms with E-state index in [0.29, 0.717) is 25.1 Å². The van der Waals surface area contributed by atoms with Crippen molar-refractivity contribution in [3.63, 3.8) is 0 Å². The molecule has 0 unspecified atom stereocenters. The first-order chi connectivity index (χ1) is 10.0. The normalized spacial score (nSPS) is 25.9. The highest BCUT2D eigenvalue weighted by Gasteiger charge is 2.41. The average Bonchev–Trinajstić information content (AvgIpc) is 2.50. The Bertz CT molecular complexity index is 489. The smallest absolute Gasteiger partial charge is 0.161 e. The first-order valence-corrected chi connectivity index (χ1v) is 7.53. The molecule has 2 rings (SSSR count). The van der Waals surface area contributed by atoms with Crippen LogP contribution in [-0.2, 0) is 0 Å². The molecule has 0 aliphatic carbocycles. The van der Waals surface area contributed by atoms with E-state index in [1.54, 1.807) is 12.3 Å². The van der Waals surface area contributed by atoms with Crippen LogP contribution in [0, 0.1) is 5.41 Å². The summed E-state index contributed by atoms with van der Waals surface area (Å²) in [6.45, 7) is 4.85. The summed E-state index contributed by atoms with van der Waals surface area (Å²) in [5.74, 6) is 0.791. The molecule has 5 heteroatoms. The quantitative estimate of drug-likeness (QED) is 0.807. The van der Waals surface area contributed by atoms with Gasteiger partial charge in [0.2, 0.25) is 0 Å². The highest BCUT2D eigenvalue weighted by molar-refractivity contribution is 5.93. The zero-order valence-electron chi connectivity index (χ0n) is 12.7. The topological polar surface area (TPSA) is 73.7 Å². The first kappa shape index (κ1) is 15.9. The molecule has 1 aliphatic rings. The number of anilines is 1. The van der Waals surface area contributed by atoms with Crippen molar-refractivity contribution in [2.75, 3.05) is 24.6 Å². The Morgan fingerprint density at radius 1 is 1.52 bits per heavy atom. The first-order valence-electron chi connectivity index (χ1n) is 7.53. The molecular weight excluding hydrogens is 268 g/mol. The second-order valence-corrected chi connectivity index (χ2v) is 5.96. The van der Waals surface area contributed by atoms with Gasteiger partial charge in [-0.25, -0.2) is 4.98 Å². The number of aliphatic hydroxyl groups is 2. The lowest BCUT2D eigenvalue weighted by molar-refractivity contribution is -0.0353. The number of aliphatic hydroxyl groups excluding tert-OH is 2. The standard InChI is InChI=1S/C16H24N2O3/c1-3-7-16(11-19)10-18(8-6-14(16)21)15-5-4-13(9-17-15)12(2)20/h4-5,9,14,19,21H,3,6-8,10-11H2,1-2H3/t14-,16-/m0/s1. The van der Waals surface area contributed by atoms with Gasteiger partial charge >= 0.3 is 0 Å². The fraction of sp³-hybridized carbons (Fsp3) is 0.625. The molecule has 0 bridgehead atoms. The van der Waals surface area contributed by atoms with Gasteiger partial charge in [0.05, 0.1) is 12.7 Å². The van der Waals surface area contributed by atoms with Crippen molar-refractivity contribution in [1.29, 1.82) is 0 Å². The van der Waals surface area contributed by atoms with Gasteiger partial charge in [0.15, 0.2) is 5.78 Å². The van der Waals surface area contributed by atoms with Crippen LogP contribution in [0.3, 0.4) is 0 Å². The Morgan fingerprint density at radius 2 is 2.29 bits per heavy atom. The molecule has 0 radical (unpaired) electrons. The van der Waals surface area contributed by atoms with E-state index in [-0.39, 0.29) is 12.4 Å². The minimum absolute atomic E-state index is 0.00111. The van der Waals surface area contributed by atoms with Gasteiger partial charge in [-0.1, -0.05) is 13.3 Å². The van der Waals surface area contributed by atoms with Crippen LogP contribution in [0.1, 0.15) is 43.5 Å². The van der Waals surface area contributed by atoms with Gasteiger partial charge in [-0.05, 0) is 31.9 Å². The minimum Gasteiger partial charge on any atom is -0.396 e. The molecule has 1 aromatic heterocycles. The molecule has 0 spiro atoms. The van der Waals surface area contributed by atoms with Crippen molar-refractivity contribution in [1.82, 2.24) is 4.98 Å². The molecule has 21 heavy (non-hydrogen) atoms. The van der Waals surface area contributed by atoms with E-state index in [0.717, 1.165) is 18.7 Å². The number of aromatic nitrogens is 1. The van der Waals surface area contributed by atoms with Crippen molar-refractivity contribution < 1.29 is 15.0 Å². The number of nitrogens with zero attached hydrogens (tertiary/aromatic N) is 2. The Labute approximate surface area is 125 Å². The summed E-state index contributed by atoms with van der Waals surface area (Å²) in [6, 6.07) is 3.61. The number of hydrogen-bond acceptors (Lipinski definition) is 5. The van der Waals surface area contributed by atoms with Crippen LogP contribution in [0.15, 0.2) is 18.3 Å². The number of Topliss-reactive ketones (excluding diaryl/α,β-unsaturated/α-hetero) is 1.